The van der Waals surface area contributed by atoms with Gasteiger partial charge in [-0.2, -0.15) is 0 Å². The van der Waals surface area contributed by atoms with Gasteiger partial charge in [-0.3, -0.25) is 0 Å². The van der Waals surface area contributed by atoms with Crippen LogP contribution in [0, 0.1) is 20.8 Å². The number of benzene rings is 9. The first kappa shape index (κ1) is 49.9. The van der Waals surface area contributed by atoms with E-state index in [4.69, 9.17) is 0 Å². The maximum Gasteiger partial charge on any atom is 0.421 e. The zero-order valence-corrected chi connectivity index (χ0v) is 48.3. The minimum Gasteiger partial charge on any atom is -0.360 e. The van der Waals surface area contributed by atoms with E-state index in [0.29, 0.717) is 0 Å². The Kier molecular flexibility index (Phi) is 11.1. The van der Waals surface area contributed by atoms with Gasteiger partial charge in [0.15, 0.2) is 0 Å². The van der Waals surface area contributed by atoms with Crippen LogP contribution >= 0.6 is 0 Å². The average molecular weight is 1020 g/mol. The molecule has 3 aliphatic heterocycles. The number of nitrogens with zero attached hydrogens (tertiary/aromatic N) is 4. The molecule has 0 spiro atoms. The molecule has 0 saturated heterocycles. The number of para-hydroxylation sites is 2. The normalized spacial score (nSPS) is 15.0. The minimum atomic E-state index is -0.185. The van der Waals surface area contributed by atoms with Crippen LogP contribution in [0.25, 0.3) is 11.1 Å². The molecular weight excluding hydrogens is 942 g/mol. The van der Waals surface area contributed by atoms with Gasteiger partial charge < -0.3 is 19.4 Å². The van der Waals surface area contributed by atoms with Crippen molar-refractivity contribution in [1.29, 1.82) is 0 Å². The van der Waals surface area contributed by atoms with Crippen LogP contribution in [-0.4, -0.2) is 13.7 Å². The third-order valence-electron chi connectivity index (χ3n) is 17.8. The van der Waals surface area contributed by atoms with Crippen molar-refractivity contribution in [3.63, 3.8) is 0 Å². The van der Waals surface area contributed by atoms with Crippen LogP contribution in [0.3, 0.4) is 0 Å². The molecule has 0 bridgehead atoms. The van der Waals surface area contributed by atoms with Gasteiger partial charge in [0.25, 0.3) is 6.71 Å². The average Bonchev–Trinajstić information content (AvgIpc) is 3.86. The van der Waals surface area contributed by atoms with Crippen LogP contribution in [0.4, 0.5) is 56.9 Å². The van der Waals surface area contributed by atoms with Crippen molar-refractivity contribution in [3.05, 3.63) is 226 Å². The Hall–Kier alpha value is -7.69. The molecule has 0 saturated carbocycles. The lowest BCUT2D eigenvalue weighted by Crippen LogP contribution is -2.61. The summed E-state index contributed by atoms with van der Waals surface area (Å²) in [4.78, 5) is 10.5. The maximum absolute atomic E-state index is 2.65. The molecule has 4 nitrogen and oxygen atoms in total. The highest BCUT2D eigenvalue weighted by Gasteiger charge is 2.50. The summed E-state index contributed by atoms with van der Waals surface area (Å²) >= 11 is 0. The van der Waals surface area contributed by atoms with Crippen molar-refractivity contribution < 1.29 is 0 Å². The molecular formula is C72H72B2N4. The SMILES string of the molecule is Cc1cc2c3c(c1)N(c1ccc4c(c1)C(C)(C)c1ccccc1-4)c1cc4c(cc1B3c1ccc(C(C)(C)C)cc1N2c1ccc(C(C)(C)C)cc1)N(c1ccccc1)B(c1c(C)cc(C(C)(C)C)cc1C)N4c1ccccc1. The fourth-order valence-electron chi connectivity index (χ4n) is 13.7. The Balaban J connectivity index is 1.14. The molecule has 9 aromatic rings. The summed E-state index contributed by atoms with van der Waals surface area (Å²) in [6.07, 6.45) is 0. The Morgan fingerprint density at radius 1 is 0.359 bits per heavy atom. The van der Waals surface area contributed by atoms with Crippen molar-refractivity contribution in [3.8, 4) is 11.1 Å². The molecule has 13 rings (SSSR count). The van der Waals surface area contributed by atoms with E-state index in [0.717, 1.165) is 11.4 Å². The lowest BCUT2D eigenvalue weighted by atomic mass is 9.33. The van der Waals surface area contributed by atoms with Crippen molar-refractivity contribution >= 4 is 92.4 Å². The van der Waals surface area contributed by atoms with Gasteiger partial charge in [-0.1, -0.05) is 190 Å². The monoisotopic (exact) mass is 1010 g/mol. The number of anilines is 10. The highest BCUT2D eigenvalue weighted by atomic mass is 15.3. The number of rotatable bonds is 5. The summed E-state index contributed by atoms with van der Waals surface area (Å²) in [5.74, 6) is 0. The predicted molar refractivity (Wildman–Crippen MR) is 337 cm³/mol. The first-order chi connectivity index (χ1) is 37.1. The highest BCUT2D eigenvalue weighted by molar-refractivity contribution is 7.00. The largest absolute Gasteiger partial charge is 0.421 e. The minimum absolute atomic E-state index is 0.00456. The second kappa shape index (κ2) is 17.4. The molecule has 0 fully saturated rings. The van der Waals surface area contributed by atoms with Gasteiger partial charge in [0.2, 0.25) is 0 Å². The van der Waals surface area contributed by atoms with Crippen molar-refractivity contribution in [1.82, 2.24) is 0 Å². The van der Waals surface area contributed by atoms with Crippen LogP contribution in [0.2, 0.25) is 0 Å². The van der Waals surface area contributed by atoms with Gasteiger partial charge in [-0.05, 0) is 182 Å². The van der Waals surface area contributed by atoms with E-state index in [-0.39, 0.29) is 35.4 Å². The summed E-state index contributed by atoms with van der Waals surface area (Å²) in [5.41, 5.74) is 30.2. The number of hydrogen-bond acceptors (Lipinski definition) is 4. The summed E-state index contributed by atoms with van der Waals surface area (Å²) in [6.45, 7) is 32.5. The molecule has 0 atom stereocenters. The second-order valence-electron chi connectivity index (χ2n) is 26.5. The summed E-state index contributed by atoms with van der Waals surface area (Å²) in [6, 6.07) is 70.5. The third-order valence-corrected chi connectivity index (χ3v) is 17.8. The summed E-state index contributed by atoms with van der Waals surface area (Å²) in [7, 11) is 0. The number of aryl methyl sites for hydroxylation is 3. The molecule has 1 aliphatic carbocycles. The smallest absolute Gasteiger partial charge is 0.360 e. The number of fused-ring (bicyclic) bond motifs is 8. The zero-order chi connectivity index (χ0) is 54.5. The van der Waals surface area contributed by atoms with E-state index in [2.05, 4.69) is 298 Å². The van der Waals surface area contributed by atoms with Crippen LogP contribution in [0.15, 0.2) is 182 Å². The van der Waals surface area contributed by atoms with Gasteiger partial charge in [-0.15, -0.1) is 0 Å². The molecule has 4 aliphatic rings. The van der Waals surface area contributed by atoms with E-state index in [9.17, 15) is 0 Å². The quantitative estimate of drug-likeness (QED) is 0.159. The molecule has 3 heterocycles. The Labute approximate surface area is 465 Å². The van der Waals surface area contributed by atoms with Gasteiger partial charge in [0.05, 0.1) is 11.4 Å². The van der Waals surface area contributed by atoms with Gasteiger partial charge in [0, 0.05) is 50.9 Å². The molecule has 0 unspecified atom stereocenters. The molecule has 0 amide bonds. The lowest BCUT2D eigenvalue weighted by Gasteiger charge is -2.45. The van der Waals surface area contributed by atoms with Crippen LogP contribution in [0.1, 0.15) is 121 Å². The van der Waals surface area contributed by atoms with E-state index in [1.54, 1.807) is 0 Å². The third kappa shape index (κ3) is 7.64. The lowest BCUT2D eigenvalue weighted by molar-refractivity contribution is 0.589. The zero-order valence-electron chi connectivity index (χ0n) is 48.3. The molecule has 0 N–H and O–H groups in total. The van der Waals surface area contributed by atoms with Crippen molar-refractivity contribution in [2.24, 2.45) is 0 Å². The van der Waals surface area contributed by atoms with Crippen LogP contribution in [-0.2, 0) is 21.7 Å². The first-order valence-electron chi connectivity index (χ1n) is 28.3. The topological polar surface area (TPSA) is 13.0 Å². The predicted octanol–water partition coefficient (Wildman–Crippen LogP) is 16.6. The fourth-order valence-corrected chi connectivity index (χ4v) is 13.7. The van der Waals surface area contributed by atoms with E-state index >= 15 is 0 Å². The van der Waals surface area contributed by atoms with Gasteiger partial charge in [-0.25, -0.2) is 0 Å². The van der Waals surface area contributed by atoms with Crippen LogP contribution < -0.4 is 41.3 Å². The first-order valence-corrected chi connectivity index (χ1v) is 28.3. The second-order valence-corrected chi connectivity index (χ2v) is 26.5. The van der Waals surface area contributed by atoms with Crippen molar-refractivity contribution in [2.75, 3.05) is 19.4 Å². The van der Waals surface area contributed by atoms with Crippen LogP contribution in [0.5, 0.6) is 0 Å². The van der Waals surface area contributed by atoms with Gasteiger partial charge in [0.1, 0.15) is 0 Å². The van der Waals surface area contributed by atoms with E-state index in [1.165, 1.54) is 123 Å². The van der Waals surface area contributed by atoms with Crippen molar-refractivity contribution in [2.45, 2.75) is 119 Å². The molecule has 0 aromatic heterocycles. The number of hydrogen-bond donors (Lipinski definition) is 0. The molecule has 6 heteroatoms. The molecule has 78 heavy (non-hydrogen) atoms. The molecule has 9 aromatic carbocycles. The summed E-state index contributed by atoms with van der Waals surface area (Å²) < 4.78 is 0. The summed E-state index contributed by atoms with van der Waals surface area (Å²) in [5, 5.41) is 0. The fraction of sp³-hybridized carbons (Fsp3) is 0.250. The van der Waals surface area contributed by atoms with E-state index < -0.39 is 0 Å². The maximum atomic E-state index is 2.65. The van der Waals surface area contributed by atoms with Gasteiger partial charge >= 0.3 is 6.98 Å². The highest BCUT2D eigenvalue weighted by Crippen LogP contribution is 2.55. The molecule has 386 valence electrons. The standard InChI is InChI=1S/C72H72B2N4/c1-45-37-65-68-66(38-45)76(54-34-35-56-55-27-21-22-28-57(55)72(13,14)58(56)42-54)62-44-64-63(43-60(62)73(68)59-36-31-49(70(7,8)9)41-61(59)75(65)51-32-29-48(30-33-51)69(4,5)6)77(52-23-17-15-18-24-52)74(78(64)53-25-19-16-20-26-53)67-46(2)39-50(40-47(67)3)71(10,11)12/h15-44H,1-14H3. The Morgan fingerprint density at radius 3 is 1.45 bits per heavy atom. The molecule has 0 radical (unpaired) electrons. The Bertz CT molecular complexity index is 3870. The Morgan fingerprint density at radius 2 is 0.859 bits per heavy atom. The van der Waals surface area contributed by atoms with E-state index in [1.807, 2.05) is 0 Å².